The van der Waals surface area contributed by atoms with Crippen molar-refractivity contribution in [3.05, 3.63) is 29.8 Å². The van der Waals surface area contributed by atoms with Crippen molar-refractivity contribution in [3.8, 4) is 11.4 Å². The molecule has 1 fully saturated rings. The summed E-state index contributed by atoms with van der Waals surface area (Å²) < 4.78 is 1.45. The lowest BCUT2D eigenvalue weighted by Gasteiger charge is -2.34. The van der Waals surface area contributed by atoms with Gasteiger partial charge in [-0.2, -0.15) is 0 Å². The first kappa shape index (κ1) is 18.8. The average molecular weight is 374 g/mol. The zero-order valence-electron chi connectivity index (χ0n) is 15.6. The Morgan fingerprint density at radius 2 is 2.00 bits per heavy atom. The van der Waals surface area contributed by atoms with Crippen molar-refractivity contribution in [1.29, 1.82) is 0 Å². The van der Waals surface area contributed by atoms with Crippen LogP contribution in [-0.2, 0) is 4.79 Å². The Morgan fingerprint density at radius 3 is 2.73 bits per heavy atom. The minimum absolute atomic E-state index is 0.0286. The van der Waals surface area contributed by atoms with Gasteiger partial charge in [0.25, 0.3) is 0 Å². The molecule has 1 saturated carbocycles. The molecule has 1 aromatic carbocycles. The van der Waals surface area contributed by atoms with Crippen LogP contribution in [0.25, 0.3) is 11.4 Å². The summed E-state index contributed by atoms with van der Waals surface area (Å²) >= 11 is 1.32. The lowest BCUT2D eigenvalue weighted by atomic mass is 9.78. The van der Waals surface area contributed by atoms with Gasteiger partial charge >= 0.3 is 0 Å². The van der Waals surface area contributed by atoms with E-state index in [4.69, 9.17) is 5.84 Å². The zero-order chi connectivity index (χ0) is 18.7. The lowest BCUT2D eigenvalue weighted by Crippen LogP contribution is -2.44. The van der Waals surface area contributed by atoms with Crippen LogP contribution in [-0.4, -0.2) is 32.6 Å². The number of nitrogens with zero attached hydrogens (tertiary/aromatic N) is 3. The van der Waals surface area contributed by atoms with Gasteiger partial charge in [-0.15, -0.1) is 10.2 Å². The number of amides is 1. The van der Waals surface area contributed by atoms with Gasteiger partial charge in [-0.1, -0.05) is 68.3 Å². The molecule has 2 aromatic rings. The van der Waals surface area contributed by atoms with Gasteiger partial charge in [-0.25, -0.2) is 4.68 Å². The Hall–Kier alpha value is -2.02. The van der Waals surface area contributed by atoms with Crippen molar-refractivity contribution >= 4 is 17.7 Å². The van der Waals surface area contributed by atoms with Gasteiger partial charge in [0.2, 0.25) is 11.1 Å². The summed E-state index contributed by atoms with van der Waals surface area (Å²) in [5, 5.41) is 12.0. The Bertz CT molecular complexity index is 758. The van der Waals surface area contributed by atoms with Crippen molar-refractivity contribution in [2.24, 2.45) is 11.8 Å². The van der Waals surface area contributed by atoms with Crippen LogP contribution in [0.1, 0.15) is 38.7 Å². The minimum atomic E-state index is 0.0286. The number of benzene rings is 1. The highest BCUT2D eigenvalue weighted by Crippen LogP contribution is 2.29. The molecule has 0 spiro atoms. The molecule has 3 N–H and O–H groups in total. The van der Waals surface area contributed by atoms with Crippen molar-refractivity contribution in [1.82, 2.24) is 20.2 Å². The van der Waals surface area contributed by atoms with E-state index in [2.05, 4.69) is 29.4 Å². The predicted octanol–water partition coefficient (Wildman–Crippen LogP) is 3.00. The van der Waals surface area contributed by atoms with Crippen LogP contribution < -0.4 is 11.2 Å². The molecule has 1 aromatic heterocycles. The molecule has 3 atom stereocenters. The van der Waals surface area contributed by atoms with Crippen molar-refractivity contribution in [3.63, 3.8) is 0 Å². The number of rotatable bonds is 5. The number of hydrogen-bond acceptors (Lipinski definition) is 5. The summed E-state index contributed by atoms with van der Waals surface area (Å²) in [6, 6.07) is 8.23. The SMILES string of the molecule is Cc1ccc(-c2nnc(SCC(=O)N[C@@H]3CCC[C@H](C)[C@@H]3C)n2N)cc1. The van der Waals surface area contributed by atoms with Gasteiger partial charge in [0.15, 0.2) is 5.82 Å². The summed E-state index contributed by atoms with van der Waals surface area (Å²) in [4.78, 5) is 12.3. The molecule has 1 aliphatic rings. The van der Waals surface area contributed by atoms with Gasteiger partial charge in [0.1, 0.15) is 0 Å². The van der Waals surface area contributed by atoms with Crippen LogP contribution in [0.4, 0.5) is 0 Å². The second-order valence-corrected chi connectivity index (χ2v) is 8.21. The molecule has 7 heteroatoms. The van der Waals surface area contributed by atoms with E-state index in [-0.39, 0.29) is 11.9 Å². The molecule has 6 nitrogen and oxygen atoms in total. The van der Waals surface area contributed by atoms with Crippen molar-refractivity contribution in [2.75, 3.05) is 11.6 Å². The third-order valence-electron chi connectivity index (χ3n) is 5.36. The largest absolute Gasteiger partial charge is 0.352 e. The lowest BCUT2D eigenvalue weighted by molar-refractivity contribution is -0.120. The molecule has 1 aliphatic carbocycles. The van der Waals surface area contributed by atoms with Crippen LogP contribution in [0.5, 0.6) is 0 Å². The fourth-order valence-corrected chi connectivity index (χ4v) is 4.11. The second kappa shape index (κ2) is 8.12. The number of nitrogen functional groups attached to an aromatic ring is 1. The van der Waals surface area contributed by atoms with E-state index in [1.807, 2.05) is 31.2 Å². The number of carbonyl (C=O) groups excluding carboxylic acids is 1. The van der Waals surface area contributed by atoms with Crippen LogP contribution in [0.3, 0.4) is 0 Å². The minimum Gasteiger partial charge on any atom is -0.352 e. The Balaban J connectivity index is 1.58. The summed E-state index contributed by atoms with van der Waals surface area (Å²) in [6.45, 7) is 6.53. The number of thioether (sulfide) groups is 1. The maximum Gasteiger partial charge on any atom is 0.230 e. The molecule has 3 rings (SSSR count). The predicted molar refractivity (Wildman–Crippen MR) is 105 cm³/mol. The average Bonchev–Trinajstić information content (AvgIpc) is 2.99. The van der Waals surface area contributed by atoms with Crippen LogP contribution >= 0.6 is 11.8 Å². The summed E-state index contributed by atoms with van der Waals surface area (Å²) in [7, 11) is 0. The normalized spacial score (nSPS) is 23.0. The Morgan fingerprint density at radius 1 is 1.27 bits per heavy atom. The number of aryl methyl sites for hydroxylation is 1. The molecule has 0 radical (unpaired) electrons. The molecule has 26 heavy (non-hydrogen) atoms. The van der Waals surface area contributed by atoms with Gasteiger partial charge in [0, 0.05) is 11.6 Å². The van der Waals surface area contributed by atoms with Crippen molar-refractivity contribution in [2.45, 2.75) is 51.2 Å². The monoisotopic (exact) mass is 373 g/mol. The van der Waals surface area contributed by atoms with Gasteiger partial charge in [0.05, 0.1) is 5.75 Å². The number of hydrogen-bond donors (Lipinski definition) is 2. The summed E-state index contributed by atoms with van der Waals surface area (Å²) in [5.74, 6) is 8.22. The fraction of sp³-hybridized carbons (Fsp3) is 0.526. The highest BCUT2D eigenvalue weighted by molar-refractivity contribution is 7.99. The molecule has 0 unspecified atom stereocenters. The van der Waals surface area contributed by atoms with E-state index in [1.54, 1.807) is 0 Å². The van der Waals surface area contributed by atoms with E-state index in [0.29, 0.717) is 28.6 Å². The van der Waals surface area contributed by atoms with E-state index < -0.39 is 0 Å². The smallest absolute Gasteiger partial charge is 0.230 e. The third-order valence-corrected chi connectivity index (χ3v) is 6.30. The molecular weight excluding hydrogens is 346 g/mol. The van der Waals surface area contributed by atoms with E-state index in [1.165, 1.54) is 34.8 Å². The maximum atomic E-state index is 12.3. The number of nitrogens with one attached hydrogen (secondary N) is 1. The van der Waals surface area contributed by atoms with Gasteiger partial charge in [-0.05, 0) is 25.2 Å². The third kappa shape index (κ3) is 4.20. The molecule has 0 saturated heterocycles. The molecular formula is C19H27N5OS. The quantitative estimate of drug-likeness (QED) is 0.621. The molecule has 140 valence electrons. The first-order valence-corrected chi connectivity index (χ1v) is 10.1. The molecule has 0 bridgehead atoms. The second-order valence-electron chi connectivity index (χ2n) is 7.27. The van der Waals surface area contributed by atoms with E-state index in [9.17, 15) is 4.79 Å². The first-order chi connectivity index (χ1) is 12.5. The van der Waals surface area contributed by atoms with Gasteiger partial charge < -0.3 is 11.2 Å². The molecule has 1 heterocycles. The first-order valence-electron chi connectivity index (χ1n) is 9.15. The zero-order valence-corrected chi connectivity index (χ0v) is 16.4. The topological polar surface area (TPSA) is 85.8 Å². The Kier molecular flexibility index (Phi) is 5.86. The van der Waals surface area contributed by atoms with Gasteiger partial charge in [-0.3, -0.25) is 4.79 Å². The highest BCUT2D eigenvalue weighted by atomic mass is 32.2. The number of aromatic nitrogens is 3. The summed E-state index contributed by atoms with van der Waals surface area (Å²) in [6.07, 6.45) is 3.49. The van der Waals surface area contributed by atoms with Crippen molar-refractivity contribution < 1.29 is 4.79 Å². The Labute approximate surface area is 158 Å². The van der Waals surface area contributed by atoms with Crippen LogP contribution in [0.2, 0.25) is 0 Å². The standard InChI is InChI=1S/C19H27N5OS/c1-12-7-9-15(10-8-12)18-22-23-19(24(18)20)26-11-17(25)21-16-6-4-5-13(2)14(16)3/h7-10,13-14,16H,4-6,11,20H2,1-3H3,(H,21,25)/t13-,14-,16+/m0/s1. The van der Waals surface area contributed by atoms with Crippen LogP contribution in [0.15, 0.2) is 29.4 Å². The maximum absolute atomic E-state index is 12.3. The molecule has 0 aliphatic heterocycles. The van der Waals surface area contributed by atoms with E-state index in [0.717, 1.165) is 12.0 Å². The highest BCUT2D eigenvalue weighted by Gasteiger charge is 2.28. The molecule has 1 amide bonds. The number of nitrogens with two attached hydrogens (primary N) is 1. The number of carbonyl (C=O) groups is 1. The fourth-order valence-electron chi connectivity index (χ4n) is 3.44. The summed E-state index contributed by atoms with van der Waals surface area (Å²) in [5.41, 5.74) is 2.08. The van der Waals surface area contributed by atoms with Crippen LogP contribution in [0, 0.1) is 18.8 Å². The van der Waals surface area contributed by atoms with E-state index >= 15 is 0 Å².